The van der Waals surface area contributed by atoms with Crippen LogP contribution in [-0.2, 0) is 0 Å². The average Bonchev–Trinajstić information content (AvgIpc) is 2.17. The Morgan fingerprint density at radius 3 is 3.00 bits per heavy atom. The monoisotopic (exact) mass is 193 g/mol. The third kappa shape index (κ3) is 1.37. The summed E-state index contributed by atoms with van der Waals surface area (Å²) in [5, 5.41) is 3.32. The second-order valence-corrected chi connectivity index (χ2v) is 3.55. The van der Waals surface area contributed by atoms with Crippen molar-refractivity contribution in [1.82, 2.24) is 0 Å². The Morgan fingerprint density at radius 1 is 1.50 bits per heavy atom. The number of nitrogens with one attached hydrogen (secondary N) is 1. The molecule has 2 unspecified atom stereocenters. The molecule has 0 radical (unpaired) electrons. The van der Waals surface area contributed by atoms with Crippen molar-refractivity contribution in [3.05, 3.63) is 18.2 Å². The third-order valence-corrected chi connectivity index (χ3v) is 2.49. The highest BCUT2D eigenvalue weighted by Crippen LogP contribution is 2.35. The molecule has 2 atom stereocenters. The molecule has 4 nitrogen and oxygen atoms in total. The van der Waals surface area contributed by atoms with E-state index in [1.807, 2.05) is 25.1 Å². The van der Waals surface area contributed by atoms with Crippen molar-refractivity contribution in [2.75, 3.05) is 17.6 Å². The minimum absolute atomic E-state index is 0.00722. The standard InChI is InChI=1S/C10H15N3O/c1-6-9(5-11)14-10-7(12)3-2-4-8(10)13-6/h2-4,6,9,13H,5,11-12H2,1H3. The molecule has 76 valence electrons. The lowest BCUT2D eigenvalue weighted by Gasteiger charge is -2.32. The van der Waals surface area contributed by atoms with Gasteiger partial charge in [0.1, 0.15) is 6.10 Å². The van der Waals surface area contributed by atoms with E-state index in [2.05, 4.69) is 5.32 Å². The molecule has 2 rings (SSSR count). The topological polar surface area (TPSA) is 73.3 Å². The van der Waals surface area contributed by atoms with Gasteiger partial charge in [-0.1, -0.05) is 6.07 Å². The zero-order valence-corrected chi connectivity index (χ0v) is 8.16. The summed E-state index contributed by atoms with van der Waals surface area (Å²) in [5.41, 5.74) is 13.0. The zero-order chi connectivity index (χ0) is 10.1. The first-order valence-corrected chi connectivity index (χ1v) is 4.74. The number of benzene rings is 1. The highest BCUT2D eigenvalue weighted by Gasteiger charge is 2.25. The number of hydrogen-bond donors (Lipinski definition) is 3. The van der Waals surface area contributed by atoms with Gasteiger partial charge in [-0.25, -0.2) is 0 Å². The Morgan fingerprint density at radius 2 is 2.29 bits per heavy atom. The van der Waals surface area contributed by atoms with E-state index < -0.39 is 0 Å². The Balaban J connectivity index is 2.36. The lowest BCUT2D eigenvalue weighted by molar-refractivity contribution is 0.183. The molecular formula is C10H15N3O. The molecule has 0 spiro atoms. The van der Waals surface area contributed by atoms with Gasteiger partial charge in [0.05, 0.1) is 17.4 Å². The molecule has 1 heterocycles. The number of ether oxygens (including phenoxy) is 1. The Hall–Kier alpha value is -1.42. The fourth-order valence-electron chi connectivity index (χ4n) is 1.64. The normalized spacial score (nSPS) is 24.7. The Labute approximate surface area is 83.2 Å². The first-order chi connectivity index (χ1) is 6.72. The minimum atomic E-state index is -0.00722. The summed E-state index contributed by atoms with van der Waals surface area (Å²) in [7, 11) is 0. The molecule has 0 bridgehead atoms. The summed E-state index contributed by atoms with van der Waals surface area (Å²) in [6.45, 7) is 2.53. The molecule has 0 saturated carbocycles. The molecule has 1 aromatic rings. The molecule has 1 aliphatic rings. The Bertz CT molecular complexity index is 340. The van der Waals surface area contributed by atoms with Crippen LogP contribution >= 0.6 is 0 Å². The SMILES string of the molecule is CC1Nc2cccc(N)c2OC1CN. The third-order valence-electron chi connectivity index (χ3n) is 2.49. The molecule has 0 fully saturated rings. The van der Waals surface area contributed by atoms with Crippen molar-refractivity contribution in [2.24, 2.45) is 5.73 Å². The van der Waals surface area contributed by atoms with Crippen molar-refractivity contribution in [3.8, 4) is 5.75 Å². The van der Waals surface area contributed by atoms with Crippen LogP contribution in [0.25, 0.3) is 0 Å². The molecule has 5 N–H and O–H groups in total. The number of para-hydroxylation sites is 1. The lowest BCUT2D eigenvalue weighted by Crippen LogP contribution is -2.44. The predicted octanol–water partition coefficient (Wildman–Crippen LogP) is 0.789. The van der Waals surface area contributed by atoms with Gasteiger partial charge in [-0.15, -0.1) is 0 Å². The van der Waals surface area contributed by atoms with Crippen molar-refractivity contribution in [2.45, 2.75) is 19.1 Å². The van der Waals surface area contributed by atoms with Gasteiger partial charge in [-0.05, 0) is 19.1 Å². The summed E-state index contributed by atoms with van der Waals surface area (Å²) < 4.78 is 5.71. The largest absolute Gasteiger partial charge is 0.483 e. The molecule has 1 aliphatic heterocycles. The van der Waals surface area contributed by atoms with Gasteiger partial charge in [0.15, 0.2) is 5.75 Å². The van der Waals surface area contributed by atoms with Gasteiger partial charge in [-0.3, -0.25) is 0 Å². The second kappa shape index (κ2) is 3.38. The van der Waals surface area contributed by atoms with Crippen LogP contribution < -0.4 is 21.5 Å². The molecule has 0 saturated heterocycles. The number of fused-ring (bicyclic) bond motifs is 1. The summed E-state index contributed by atoms with van der Waals surface area (Å²) in [4.78, 5) is 0. The van der Waals surface area contributed by atoms with E-state index in [-0.39, 0.29) is 12.1 Å². The van der Waals surface area contributed by atoms with E-state index in [0.717, 1.165) is 11.4 Å². The average molecular weight is 193 g/mol. The second-order valence-electron chi connectivity index (χ2n) is 3.55. The molecule has 14 heavy (non-hydrogen) atoms. The maximum atomic E-state index is 5.80. The van der Waals surface area contributed by atoms with E-state index in [1.54, 1.807) is 0 Å². The number of hydrogen-bond acceptors (Lipinski definition) is 4. The van der Waals surface area contributed by atoms with Crippen LogP contribution in [0.15, 0.2) is 18.2 Å². The van der Waals surface area contributed by atoms with E-state index in [4.69, 9.17) is 16.2 Å². The molecule has 1 aromatic carbocycles. The van der Waals surface area contributed by atoms with E-state index in [1.165, 1.54) is 0 Å². The van der Waals surface area contributed by atoms with Crippen LogP contribution in [-0.4, -0.2) is 18.7 Å². The molecular weight excluding hydrogens is 178 g/mol. The van der Waals surface area contributed by atoms with Gasteiger partial charge in [0.25, 0.3) is 0 Å². The molecule has 0 aliphatic carbocycles. The first kappa shape index (κ1) is 9.15. The summed E-state index contributed by atoms with van der Waals surface area (Å²) in [6.07, 6.45) is -0.00722. The zero-order valence-electron chi connectivity index (χ0n) is 8.16. The van der Waals surface area contributed by atoms with Gasteiger partial charge < -0.3 is 21.5 Å². The van der Waals surface area contributed by atoms with Crippen LogP contribution in [0.4, 0.5) is 11.4 Å². The smallest absolute Gasteiger partial charge is 0.165 e. The highest BCUT2D eigenvalue weighted by atomic mass is 16.5. The maximum absolute atomic E-state index is 5.80. The van der Waals surface area contributed by atoms with Crippen LogP contribution in [0.3, 0.4) is 0 Å². The van der Waals surface area contributed by atoms with Gasteiger partial charge >= 0.3 is 0 Å². The van der Waals surface area contributed by atoms with Crippen LogP contribution in [0.5, 0.6) is 5.75 Å². The highest BCUT2D eigenvalue weighted by molar-refractivity contribution is 5.70. The van der Waals surface area contributed by atoms with Crippen molar-refractivity contribution in [1.29, 1.82) is 0 Å². The van der Waals surface area contributed by atoms with E-state index in [0.29, 0.717) is 12.2 Å². The fourth-order valence-corrected chi connectivity index (χ4v) is 1.64. The summed E-state index contributed by atoms with van der Waals surface area (Å²) in [5.74, 6) is 0.723. The van der Waals surface area contributed by atoms with Crippen LogP contribution in [0, 0.1) is 0 Å². The molecule has 4 heteroatoms. The quantitative estimate of drug-likeness (QED) is 0.576. The summed E-state index contributed by atoms with van der Waals surface area (Å²) >= 11 is 0. The maximum Gasteiger partial charge on any atom is 0.165 e. The van der Waals surface area contributed by atoms with Crippen molar-refractivity contribution in [3.63, 3.8) is 0 Å². The minimum Gasteiger partial charge on any atom is -0.483 e. The van der Waals surface area contributed by atoms with Crippen molar-refractivity contribution < 1.29 is 4.74 Å². The van der Waals surface area contributed by atoms with Crippen LogP contribution in [0.1, 0.15) is 6.92 Å². The van der Waals surface area contributed by atoms with Gasteiger partial charge in [0, 0.05) is 6.54 Å². The van der Waals surface area contributed by atoms with E-state index >= 15 is 0 Å². The Kier molecular flexibility index (Phi) is 2.21. The number of anilines is 2. The van der Waals surface area contributed by atoms with Crippen LogP contribution in [0.2, 0.25) is 0 Å². The molecule has 0 aromatic heterocycles. The van der Waals surface area contributed by atoms with E-state index in [9.17, 15) is 0 Å². The van der Waals surface area contributed by atoms with Crippen molar-refractivity contribution >= 4 is 11.4 Å². The predicted molar refractivity (Wildman–Crippen MR) is 57.4 cm³/mol. The number of rotatable bonds is 1. The number of nitrogens with two attached hydrogens (primary N) is 2. The lowest BCUT2D eigenvalue weighted by atomic mass is 10.1. The fraction of sp³-hybridized carbons (Fsp3) is 0.400. The number of nitrogen functional groups attached to an aromatic ring is 1. The first-order valence-electron chi connectivity index (χ1n) is 4.74. The summed E-state index contributed by atoms with van der Waals surface area (Å²) in [6, 6.07) is 5.90. The molecule has 0 amide bonds. The van der Waals surface area contributed by atoms with Gasteiger partial charge in [0.2, 0.25) is 0 Å². The van der Waals surface area contributed by atoms with Gasteiger partial charge in [-0.2, -0.15) is 0 Å².